The maximum atomic E-state index is 2.86. The van der Waals surface area contributed by atoms with Crippen LogP contribution >= 0.6 is 0 Å². The summed E-state index contributed by atoms with van der Waals surface area (Å²) < 4.78 is 0. The first kappa shape index (κ1) is 10.8. The van der Waals surface area contributed by atoms with E-state index >= 15 is 0 Å². The molecule has 0 radical (unpaired) electrons. The van der Waals surface area contributed by atoms with E-state index in [1.54, 1.807) is 6.42 Å². The van der Waals surface area contributed by atoms with Crippen LogP contribution in [0.5, 0.6) is 0 Å². The van der Waals surface area contributed by atoms with Crippen LogP contribution in [0.2, 0.25) is 0 Å². The monoisotopic (exact) mass is 253 g/mol. The SMILES string of the molecule is Cc1ccc(N2C3CC[C@@H]4C[C@@H]5CCC2[C@@H]5[C@H]34)cc1. The van der Waals surface area contributed by atoms with Gasteiger partial charge in [0.25, 0.3) is 0 Å². The molecule has 0 spiro atoms. The standard InChI is InChI=1S/C18H23N/c1-11-2-6-14(7-3-11)19-15-8-4-12-10-13-5-9-16(19)18(13)17(12)15/h2-3,6-7,12-13,15-18H,4-5,8-10H2,1H3/t12-,13+,15?,16?,17+,18-. The Hall–Kier alpha value is -0.980. The lowest BCUT2D eigenvalue weighted by molar-refractivity contribution is 0.369. The van der Waals surface area contributed by atoms with Gasteiger partial charge >= 0.3 is 0 Å². The first-order chi connectivity index (χ1) is 9.33. The molecule has 0 bridgehead atoms. The van der Waals surface area contributed by atoms with E-state index in [9.17, 15) is 0 Å². The summed E-state index contributed by atoms with van der Waals surface area (Å²) in [6, 6.07) is 11.1. The Balaban J connectivity index is 1.58. The summed E-state index contributed by atoms with van der Waals surface area (Å²) in [5, 5.41) is 0. The van der Waals surface area contributed by atoms with Crippen LogP contribution in [0.1, 0.15) is 37.7 Å². The second-order valence-corrected chi connectivity index (χ2v) is 7.44. The number of nitrogens with zero attached hydrogens (tertiary/aromatic N) is 1. The van der Waals surface area contributed by atoms with Crippen LogP contribution in [-0.4, -0.2) is 12.1 Å². The summed E-state index contributed by atoms with van der Waals surface area (Å²) in [5.41, 5.74) is 2.90. The van der Waals surface area contributed by atoms with Crippen molar-refractivity contribution in [2.24, 2.45) is 23.7 Å². The minimum absolute atomic E-state index is 0.882. The van der Waals surface area contributed by atoms with Crippen LogP contribution in [0.3, 0.4) is 0 Å². The maximum absolute atomic E-state index is 2.86. The summed E-state index contributed by atoms with van der Waals surface area (Å²) in [7, 11) is 0. The van der Waals surface area contributed by atoms with Gasteiger partial charge in [0, 0.05) is 17.8 Å². The molecule has 1 aliphatic heterocycles. The molecule has 100 valence electrons. The minimum atomic E-state index is 0.882. The van der Waals surface area contributed by atoms with Crippen molar-refractivity contribution >= 4 is 5.69 Å². The summed E-state index contributed by atoms with van der Waals surface area (Å²) >= 11 is 0. The van der Waals surface area contributed by atoms with Crippen LogP contribution < -0.4 is 4.90 Å². The summed E-state index contributed by atoms with van der Waals surface area (Å²) in [6.07, 6.45) is 7.52. The topological polar surface area (TPSA) is 3.24 Å². The molecule has 1 saturated heterocycles. The maximum Gasteiger partial charge on any atom is 0.0371 e. The molecule has 1 nitrogen and oxygen atoms in total. The average molecular weight is 253 g/mol. The Kier molecular flexibility index (Phi) is 2.02. The highest BCUT2D eigenvalue weighted by Crippen LogP contribution is 2.64. The Morgan fingerprint density at radius 2 is 1.42 bits per heavy atom. The lowest BCUT2D eigenvalue weighted by Gasteiger charge is -2.31. The summed E-state index contributed by atoms with van der Waals surface area (Å²) in [4.78, 5) is 2.86. The third kappa shape index (κ3) is 1.27. The Morgan fingerprint density at radius 3 is 2.00 bits per heavy atom. The van der Waals surface area contributed by atoms with Crippen molar-refractivity contribution in [3.8, 4) is 0 Å². The molecule has 0 N–H and O–H groups in total. The lowest BCUT2D eigenvalue weighted by atomic mass is 9.90. The van der Waals surface area contributed by atoms with Gasteiger partial charge in [0.05, 0.1) is 0 Å². The van der Waals surface area contributed by atoms with Gasteiger partial charge < -0.3 is 4.90 Å². The van der Waals surface area contributed by atoms with Crippen molar-refractivity contribution in [1.29, 1.82) is 0 Å². The van der Waals surface area contributed by atoms with Gasteiger partial charge in [-0.25, -0.2) is 0 Å². The molecule has 0 aromatic heterocycles. The van der Waals surface area contributed by atoms with E-state index in [0.717, 1.165) is 35.8 Å². The molecule has 1 aromatic carbocycles. The molecule has 0 amide bonds. The van der Waals surface area contributed by atoms with E-state index in [1.165, 1.54) is 36.9 Å². The molecule has 4 fully saturated rings. The molecular weight excluding hydrogens is 230 g/mol. The normalized spacial score (nSPS) is 46.1. The quantitative estimate of drug-likeness (QED) is 0.731. The van der Waals surface area contributed by atoms with Gasteiger partial charge in [0.1, 0.15) is 0 Å². The van der Waals surface area contributed by atoms with Crippen molar-refractivity contribution in [1.82, 2.24) is 0 Å². The zero-order valence-electron chi connectivity index (χ0n) is 11.8. The highest BCUT2D eigenvalue weighted by Gasteiger charge is 2.62. The van der Waals surface area contributed by atoms with Crippen molar-refractivity contribution < 1.29 is 0 Å². The van der Waals surface area contributed by atoms with Crippen molar-refractivity contribution in [2.75, 3.05) is 4.90 Å². The predicted octanol–water partition coefficient (Wildman–Crippen LogP) is 4.01. The molecule has 6 atom stereocenters. The molecule has 5 rings (SSSR count). The van der Waals surface area contributed by atoms with Crippen LogP contribution in [0.15, 0.2) is 24.3 Å². The number of hydrogen-bond donors (Lipinski definition) is 0. The van der Waals surface area contributed by atoms with Crippen LogP contribution in [-0.2, 0) is 0 Å². The highest BCUT2D eigenvalue weighted by molar-refractivity contribution is 5.53. The fraction of sp³-hybridized carbons (Fsp3) is 0.667. The second kappa shape index (κ2) is 3.56. The summed E-state index contributed by atoms with van der Waals surface area (Å²) in [6.45, 7) is 2.19. The number of rotatable bonds is 1. The Labute approximate surface area is 116 Å². The number of benzene rings is 1. The molecule has 1 heterocycles. The van der Waals surface area contributed by atoms with E-state index in [-0.39, 0.29) is 0 Å². The average Bonchev–Trinajstić information content (AvgIpc) is 3.10. The molecule has 19 heavy (non-hydrogen) atoms. The first-order valence-electron chi connectivity index (χ1n) is 8.18. The zero-order valence-corrected chi connectivity index (χ0v) is 11.8. The fourth-order valence-corrected chi connectivity index (χ4v) is 6.24. The van der Waals surface area contributed by atoms with E-state index in [1.807, 2.05) is 0 Å². The molecule has 1 aromatic rings. The third-order valence-electron chi connectivity index (χ3n) is 6.74. The van der Waals surface area contributed by atoms with Crippen molar-refractivity contribution in [3.05, 3.63) is 29.8 Å². The van der Waals surface area contributed by atoms with Crippen LogP contribution in [0.25, 0.3) is 0 Å². The fourth-order valence-electron chi connectivity index (χ4n) is 6.24. The molecule has 4 aliphatic rings. The van der Waals surface area contributed by atoms with Gasteiger partial charge in [-0.15, -0.1) is 0 Å². The number of aryl methyl sites for hydroxylation is 1. The minimum Gasteiger partial charge on any atom is -0.365 e. The first-order valence-corrected chi connectivity index (χ1v) is 8.18. The molecule has 3 saturated carbocycles. The smallest absolute Gasteiger partial charge is 0.0371 e. The zero-order chi connectivity index (χ0) is 12.6. The van der Waals surface area contributed by atoms with Gasteiger partial charge in [0.2, 0.25) is 0 Å². The van der Waals surface area contributed by atoms with Gasteiger partial charge in [-0.1, -0.05) is 17.7 Å². The molecule has 1 heteroatoms. The van der Waals surface area contributed by atoms with Crippen molar-refractivity contribution in [3.63, 3.8) is 0 Å². The van der Waals surface area contributed by atoms with Crippen molar-refractivity contribution in [2.45, 2.75) is 51.1 Å². The third-order valence-corrected chi connectivity index (χ3v) is 6.74. The van der Waals surface area contributed by atoms with Gasteiger partial charge in [0.15, 0.2) is 0 Å². The van der Waals surface area contributed by atoms with Gasteiger partial charge in [-0.2, -0.15) is 0 Å². The molecule has 2 unspecified atom stereocenters. The molecular formula is C18H23N. The Bertz CT molecular complexity index is 481. The van der Waals surface area contributed by atoms with Crippen LogP contribution in [0.4, 0.5) is 5.69 Å². The van der Waals surface area contributed by atoms with E-state index in [2.05, 4.69) is 36.1 Å². The van der Waals surface area contributed by atoms with E-state index in [0.29, 0.717) is 0 Å². The number of hydrogen-bond acceptors (Lipinski definition) is 1. The summed E-state index contributed by atoms with van der Waals surface area (Å²) in [5.74, 6) is 4.27. The Morgan fingerprint density at radius 1 is 0.842 bits per heavy atom. The van der Waals surface area contributed by atoms with E-state index in [4.69, 9.17) is 0 Å². The van der Waals surface area contributed by atoms with Gasteiger partial charge in [-0.3, -0.25) is 0 Å². The highest BCUT2D eigenvalue weighted by atomic mass is 15.2. The lowest BCUT2D eigenvalue weighted by Crippen LogP contribution is -2.36. The van der Waals surface area contributed by atoms with E-state index < -0.39 is 0 Å². The predicted molar refractivity (Wildman–Crippen MR) is 78.3 cm³/mol. The molecule has 3 aliphatic carbocycles. The van der Waals surface area contributed by atoms with Gasteiger partial charge in [-0.05, 0) is 74.8 Å². The number of anilines is 1. The van der Waals surface area contributed by atoms with Crippen LogP contribution in [0, 0.1) is 30.6 Å². The largest absolute Gasteiger partial charge is 0.365 e. The second-order valence-electron chi connectivity index (χ2n) is 7.44.